The maximum Gasteiger partial charge on any atom is 0.306 e. The molecule has 0 bridgehead atoms. The van der Waals surface area contributed by atoms with Crippen LogP contribution in [0.4, 0.5) is 13.2 Å². The molecule has 0 atom stereocenters. The number of halogens is 3. The highest BCUT2D eigenvalue weighted by atomic mass is 19.2. The second kappa shape index (κ2) is 5.52. The van der Waals surface area contributed by atoms with E-state index in [0.29, 0.717) is 6.07 Å². The van der Waals surface area contributed by atoms with Crippen molar-refractivity contribution in [2.45, 2.75) is 12.8 Å². The average molecular weight is 287 g/mol. The van der Waals surface area contributed by atoms with Gasteiger partial charge >= 0.3 is 5.97 Å². The number of benzene rings is 1. The molecule has 20 heavy (non-hydrogen) atoms. The number of nitrogens with zero attached hydrogens (tertiary/aromatic N) is 1. The minimum Gasteiger partial charge on any atom is -0.481 e. The quantitative estimate of drug-likeness (QED) is 0.847. The number of carbonyl (C=O) groups excluding carboxylic acids is 1. The fourth-order valence-electron chi connectivity index (χ4n) is 2.19. The second-order valence-electron chi connectivity index (χ2n) is 4.63. The van der Waals surface area contributed by atoms with Gasteiger partial charge in [-0.15, -0.1) is 0 Å². The average Bonchev–Trinajstić information content (AvgIpc) is 2.44. The summed E-state index contributed by atoms with van der Waals surface area (Å²) in [7, 11) is 0. The van der Waals surface area contributed by atoms with Crippen LogP contribution in [-0.4, -0.2) is 35.0 Å². The smallest absolute Gasteiger partial charge is 0.306 e. The first-order valence-corrected chi connectivity index (χ1v) is 6.07. The molecule has 0 saturated carbocycles. The van der Waals surface area contributed by atoms with E-state index in [1.807, 2.05) is 0 Å². The topological polar surface area (TPSA) is 57.6 Å². The van der Waals surface area contributed by atoms with Crippen molar-refractivity contribution in [3.63, 3.8) is 0 Å². The van der Waals surface area contributed by atoms with E-state index in [1.54, 1.807) is 0 Å². The number of piperidine rings is 1. The van der Waals surface area contributed by atoms with Crippen LogP contribution in [0.3, 0.4) is 0 Å². The van der Waals surface area contributed by atoms with Gasteiger partial charge in [0, 0.05) is 13.1 Å². The molecular weight excluding hydrogens is 275 g/mol. The van der Waals surface area contributed by atoms with Crippen molar-refractivity contribution in [2.24, 2.45) is 5.92 Å². The molecule has 1 saturated heterocycles. The van der Waals surface area contributed by atoms with Crippen LogP contribution < -0.4 is 0 Å². The zero-order chi connectivity index (χ0) is 14.9. The van der Waals surface area contributed by atoms with Crippen LogP contribution in [0.25, 0.3) is 0 Å². The Balaban J connectivity index is 2.14. The Bertz CT molecular complexity index is 554. The molecule has 7 heteroatoms. The molecule has 1 amide bonds. The van der Waals surface area contributed by atoms with Gasteiger partial charge in [-0.05, 0) is 25.0 Å². The molecule has 1 fully saturated rings. The van der Waals surface area contributed by atoms with Gasteiger partial charge in [0.25, 0.3) is 5.91 Å². The molecule has 1 aromatic rings. The summed E-state index contributed by atoms with van der Waals surface area (Å²) in [4.78, 5) is 24.0. The van der Waals surface area contributed by atoms with E-state index in [2.05, 4.69) is 0 Å². The first kappa shape index (κ1) is 14.4. The van der Waals surface area contributed by atoms with Gasteiger partial charge < -0.3 is 10.0 Å². The summed E-state index contributed by atoms with van der Waals surface area (Å²) in [5.74, 6) is -6.79. The van der Waals surface area contributed by atoms with Crippen LogP contribution in [0.15, 0.2) is 12.1 Å². The summed E-state index contributed by atoms with van der Waals surface area (Å²) in [5.41, 5.74) is -0.544. The Hall–Kier alpha value is -2.05. The van der Waals surface area contributed by atoms with Crippen LogP contribution in [0.5, 0.6) is 0 Å². The van der Waals surface area contributed by atoms with Crippen molar-refractivity contribution < 1.29 is 27.9 Å². The first-order valence-electron chi connectivity index (χ1n) is 6.07. The summed E-state index contributed by atoms with van der Waals surface area (Å²) in [6, 6.07) is 1.58. The fourth-order valence-corrected chi connectivity index (χ4v) is 2.19. The molecule has 1 N–H and O–H groups in total. The standard InChI is InChI=1S/C13H12F3NO3/c14-9-2-1-8(10(15)11(9)16)12(18)17-5-3-7(4-6-17)13(19)20/h1-2,7H,3-6H2,(H,19,20). The van der Waals surface area contributed by atoms with Gasteiger partial charge in [0.15, 0.2) is 17.5 Å². The molecule has 0 aromatic heterocycles. The summed E-state index contributed by atoms with van der Waals surface area (Å²) in [6.45, 7) is 0.294. The highest BCUT2D eigenvalue weighted by molar-refractivity contribution is 5.94. The van der Waals surface area contributed by atoms with Gasteiger partial charge in [0.1, 0.15) is 0 Å². The fraction of sp³-hybridized carbons (Fsp3) is 0.385. The number of carboxylic acids is 1. The lowest BCUT2D eigenvalue weighted by Crippen LogP contribution is -2.40. The van der Waals surface area contributed by atoms with Gasteiger partial charge in [0.2, 0.25) is 0 Å². The minimum absolute atomic E-state index is 0.147. The number of carboxylic acid groups (broad SMARTS) is 1. The second-order valence-corrected chi connectivity index (χ2v) is 4.63. The highest BCUT2D eigenvalue weighted by Crippen LogP contribution is 2.22. The SMILES string of the molecule is O=C(O)C1CCN(C(=O)c2ccc(F)c(F)c2F)CC1. The van der Waals surface area contributed by atoms with E-state index < -0.39 is 40.8 Å². The molecule has 1 aliphatic rings. The van der Waals surface area contributed by atoms with E-state index >= 15 is 0 Å². The predicted octanol–water partition coefficient (Wildman–Crippen LogP) is 2.04. The van der Waals surface area contributed by atoms with Gasteiger partial charge in [-0.2, -0.15) is 0 Å². The van der Waals surface area contributed by atoms with Gasteiger partial charge in [-0.25, -0.2) is 13.2 Å². The Morgan fingerprint density at radius 2 is 1.70 bits per heavy atom. The van der Waals surface area contributed by atoms with Crippen molar-refractivity contribution >= 4 is 11.9 Å². The predicted molar refractivity (Wildman–Crippen MR) is 62.6 cm³/mol. The molecule has 0 aliphatic carbocycles. The van der Waals surface area contributed by atoms with Gasteiger partial charge in [-0.1, -0.05) is 0 Å². The number of hydrogen-bond donors (Lipinski definition) is 1. The zero-order valence-electron chi connectivity index (χ0n) is 10.4. The maximum absolute atomic E-state index is 13.5. The molecule has 4 nitrogen and oxygen atoms in total. The Morgan fingerprint density at radius 3 is 2.25 bits per heavy atom. The van der Waals surface area contributed by atoms with E-state index in [4.69, 9.17) is 5.11 Å². The summed E-state index contributed by atoms with van der Waals surface area (Å²) < 4.78 is 39.4. The molecule has 0 radical (unpaired) electrons. The summed E-state index contributed by atoms with van der Waals surface area (Å²) >= 11 is 0. The lowest BCUT2D eigenvalue weighted by atomic mass is 9.96. The molecule has 108 valence electrons. The van der Waals surface area contributed by atoms with Crippen molar-refractivity contribution in [3.8, 4) is 0 Å². The molecule has 0 spiro atoms. The lowest BCUT2D eigenvalue weighted by Gasteiger charge is -2.30. The normalized spacial score (nSPS) is 16.2. The van der Waals surface area contributed by atoms with Crippen molar-refractivity contribution in [1.29, 1.82) is 0 Å². The number of likely N-dealkylation sites (tertiary alicyclic amines) is 1. The number of amides is 1. The Labute approximate surface area is 112 Å². The Morgan fingerprint density at radius 1 is 1.10 bits per heavy atom. The molecule has 2 rings (SSSR count). The zero-order valence-corrected chi connectivity index (χ0v) is 10.4. The highest BCUT2D eigenvalue weighted by Gasteiger charge is 2.29. The summed E-state index contributed by atoms with van der Waals surface area (Å²) in [5, 5.41) is 8.84. The largest absolute Gasteiger partial charge is 0.481 e. The van der Waals surface area contributed by atoms with Crippen LogP contribution in [0.2, 0.25) is 0 Å². The first-order chi connectivity index (χ1) is 9.41. The number of carbonyl (C=O) groups is 2. The minimum atomic E-state index is -1.68. The third-order valence-electron chi connectivity index (χ3n) is 3.40. The number of rotatable bonds is 2. The van der Waals surface area contributed by atoms with Crippen molar-refractivity contribution in [2.75, 3.05) is 13.1 Å². The third kappa shape index (κ3) is 2.61. The van der Waals surface area contributed by atoms with E-state index in [9.17, 15) is 22.8 Å². The van der Waals surface area contributed by atoms with E-state index in [1.165, 1.54) is 4.90 Å². The summed E-state index contributed by atoms with van der Waals surface area (Å²) in [6.07, 6.45) is 0.513. The van der Waals surface area contributed by atoms with E-state index in [0.717, 1.165) is 6.07 Å². The Kier molecular flexibility index (Phi) is 3.96. The third-order valence-corrected chi connectivity index (χ3v) is 3.40. The molecule has 1 heterocycles. The van der Waals surface area contributed by atoms with Gasteiger partial charge in [0.05, 0.1) is 11.5 Å². The lowest BCUT2D eigenvalue weighted by molar-refractivity contribution is -0.143. The van der Waals surface area contributed by atoms with E-state index in [-0.39, 0.29) is 25.9 Å². The number of hydrogen-bond acceptors (Lipinski definition) is 2. The van der Waals surface area contributed by atoms with Crippen LogP contribution >= 0.6 is 0 Å². The van der Waals surface area contributed by atoms with Gasteiger partial charge in [-0.3, -0.25) is 9.59 Å². The molecular formula is C13H12F3NO3. The molecule has 1 aliphatic heterocycles. The molecule has 1 aromatic carbocycles. The van der Waals surface area contributed by atoms with Crippen LogP contribution in [-0.2, 0) is 4.79 Å². The van der Waals surface area contributed by atoms with Crippen molar-refractivity contribution in [1.82, 2.24) is 4.90 Å². The van der Waals surface area contributed by atoms with Crippen LogP contribution in [0, 0.1) is 23.4 Å². The maximum atomic E-state index is 13.5. The van der Waals surface area contributed by atoms with Crippen molar-refractivity contribution in [3.05, 3.63) is 35.1 Å². The number of aliphatic carboxylic acids is 1. The monoisotopic (exact) mass is 287 g/mol. The van der Waals surface area contributed by atoms with Crippen LogP contribution in [0.1, 0.15) is 23.2 Å². The molecule has 0 unspecified atom stereocenters.